The number of thiophene rings is 5. The van der Waals surface area contributed by atoms with Crippen LogP contribution in [0.2, 0.25) is 0 Å². The lowest BCUT2D eigenvalue weighted by Gasteiger charge is -2.26. The largest absolute Gasteiger partial charge is 0.380 e. The van der Waals surface area contributed by atoms with Gasteiger partial charge in [-0.3, -0.25) is 0 Å². The van der Waals surface area contributed by atoms with E-state index in [4.69, 9.17) is 0 Å². The Kier molecular flexibility index (Phi) is 6.75. The highest BCUT2D eigenvalue weighted by atomic mass is 32.2. The topological polar surface area (TPSA) is 0 Å². The van der Waals surface area contributed by atoms with Crippen molar-refractivity contribution in [2.24, 2.45) is 0 Å². The smallest absolute Gasteiger partial charge is 0.194 e. The minimum absolute atomic E-state index is 0.253. The first-order valence-electron chi connectivity index (χ1n) is 12.2. The lowest BCUT2D eigenvalue weighted by Crippen LogP contribution is -2.48. The maximum absolute atomic E-state index is 16.0. The van der Waals surface area contributed by atoms with E-state index >= 15 is 26.3 Å². The van der Waals surface area contributed by atoms with Gasteiger partial charge in [0.25, 0.3) is 0 Å². The Bertz CT molecular complexity index is 1780. The zero-order valence-corrected chi connectivity index (χ0v) is 25.5. The Labute approximate surface area is 255 Å². The number of hydrogen-bond donors (Lipinski definition) is 0. The van der Waals surface area contributed by atoms with Crippen LogP contribution in [0.3, 0.4) is 0 Å². The van der Waals surface area contributed by atoms with Crippen molar-refractivity contribution >= 4 is 84.5 Å². The summed E-state index contributed by atoms with van der Waals surface area (Å²) >= 11 is 7.71. The minimum atomic E-state index is -5.62. The third-order valence-electron chi connectivity index (χ3n) is 6.87. The number of alkyl halides is 6. The van der Waals surface area contributed by atoms with Crippen molar-refractivity contribution < 1.29 is 26.3 Å². The monoisotopic (exact) mass is 670 g/mol. The lowest BCUT2D eigenvalue weighted by atomic mass is 9.94. The number of halogens is 6. The van der Waals surface area contributed by atoms with Gasteiger partial charge in [-0.2, -0.15) is 26.3 Å². The van der Waals surface area contributed by atoms with E-state index in [9.17, 15) is 0 Å². The summed E-state index contributed by atoms with van der Waals surface area (Å²) in [5, 5.41) is 5.37. The maximum atomic E-state index is 16.0. The fourth-order valence-corrected chi connectivity index (χ4v) is 11.0. The predicted molar refractivity (Wildman–Crippen MR) is 165 cm³/mol. The van der Waals surface area contributed by atoms with E-state index in [1.54, 1.807) is 41.8 Å². The van der Waals surface area contributed by atoms with Crippen LogP contribution in [-0.2, 0) is 0 Å². The average Bonchev–Trinajstić information content (AvgIpc) is 3.79. The van der Waals surface area contributed by atoms with Crippen LogP contribution in [-0.4, -0.2) is 23.5 Å². The second kappa shape index (κ2) is 9.99. The molecule has 1 aliphatic carbocycles. The van der Waals surface area contributed by atoms with Gasteiger partial charge in [-0.15, -0.1) is 68.4 Å². The van der Waals surface area contributed by atoms with Crippen LogP contribution >= 0.6 is 68.4 Å². The molecule has 0 saturated carbocycles. The number of rotatable bonds is 6. The summed E-state index contributed by atoms with van der Waals surface area (Å²) in [6.45, 7) is 0. The van der Waals surface area contributed by atoms with E-state index in [1.807, 2.05) is 16.8 Å². The molecule has 0 unspecified atom stereocenters. The van der Waals surface area contributed by atoms with E-state index in [2.05, 4.69) is 0 Å². The Morgan fingerprint density at radius 1 is 0.585 bits per heavy atom. The molecule has 0 aromatic carbocycles. The van der Waals surface area contributed by atoms with E-state index in [0.29, 0.717) is 36.6 Å². The van der Waals surface area contributed by atoms with Crippen LogP contribution in [0.4, 0.5) is 26.3 Å². The molecule has 0 N–H and O–H groups in total. The van der Waals surface area contributed by atoms with Crippen LogP contribution in [0.25, 0.3) is 45.3 Å². The molecule has 5 aromatic heterocycles. The molecule has 5 aromatic rings. The molecule has 41 heavy (non-hydrogen) atoms. The Morgan fingerprint density at radius 2 is 1.07 bits per heavy atom. The SMILES string of the molecule is FC1(F)C(c2cc(-c3cccs3)sc2C2=CCCS2)=C(c2cc(-c3cccs3)sc2-c2cccs2)C(F)(F)C1(F)F. The van der Waals surface area contributed by atoms with Gasteiger partial charge < -0.3 is 0 Å². The molecule has 0 fully saturated rings. The summed E-state index contributed by atoms with van der Waals surface area (Å²) in [4.78, 5) is 4.41. The average molecular weight is 671 g/mol. The summed E-state index contributed by atoms with van der Waals surface area (Å²) < 4.78 is 94.6. The first-order chi connectivity index (χ1) is 19.6. The highest BCUT2D eigenvalue weighted by molar-refractivity contribution is 8.08. The van der Waals surface area contributed by atoms with Crippen LogP contribution in [0.5, 0.6) is 0 Å². The number of thioether (sulfide) groups is 1. The summed E-state index contributed by atoms with van der Waals surface area (Å²) in [5.74, 6) is -15.2. The molecule has 12 heteroatoms. The predicted octanol–water partition coefficient (Wildman–Crippen LogP) is 12.3. The molecule has 0 spiro atoms. The van der Waals surface area contributed by atoms with Gasteiger partial charge in [0.2, 0.25) is 0 Å². The van der Waals surface area contributed by atoms with Crippen molar-refractivity contribution in [3.63, 3.8) is 0 Å². The summed E-state index contributed by atoms with van der Waals surface area (Å²) in [5.41, 5.74) is -3.11. The standard InChI is InChI=1S/C29H16F6S6/c30-27(31)23(15-13-21(17-5-1-9-36-17)40-25(15)19-7-3-11-38-19)24(28(32,33)29(27,34)35)16-14-22(18-6-2-10-37-18)41-26(16)20-8-4-12-39-20/h1-3,5-11,13-14H,4,12H2. The molecule has 1 aliphatic heterocycles. The van der Waals surface area contributed by atoms with Gasteiger partial charge in [0.15, 0.2) is 0 Å². The molecule has 210 valence electrons. The van der Waals surface area contributed by atoms with Gasteiger partial charge in [0, 0.05) is 62.2 Å². The van der Waals surface area contributed by atoms with E-state index in [1.165, 1.54) is 69.2 Å². The second-order valence-electron chi connectivity index (χ2n) is 9.32. The van der Waals surface area contributed by atoms with Gasteiger partial charge >= 0.3 is 17.8 Å². The van der Waals surface area contributed by atoms with Gasteiger partial charge in [0.05, 0.1) is 4.88 Å². The fraction of sp³-hybridized carbons (Fsp3) is 0.172. The van der Waals surface area contributed by atoms with Crippen LogP contribution in [0, 0.1) is 0 Å². The zero-order valence-electron chi connectivity index (χ0n) is 20.6. The van der Waals surface area contributed by atoms with Crippen molar-refractivity contribution in [1.82, 2.24) is 0 Å². The second-order valence-corrected chi connectivity index (χ2v) is 15.4. The van der Waals surface area contributed by atoms with Crippen molar-refractivity contribution in [1.29, 1.82) is 0 Å². The minimum Gasteiger partial charge on any atom is -0.194 e. The van der Waals surface area contributed by atoms with Crippen LogP contribution in [0.1, 0.15) is 22.4 Å². The van der Waals surface area contributed by atoms with Crippen molar-refractivity contribution in [2.75, 3.05) is 5.75 Å². The molecule has 0 amide bonds. The quantitative estimate of drug-likeness (QED) is 0.162. The van der Waals surface area contributed by atoms with Gasteiger partial charge in [0.1, 0.15) is 0 Å². The molecular weight excluding hydrogens is 655 g/mol. The van der Waals surface area contributed by atoms with E-state index in [-0.39, 0.29) is 16.0 Å². The summed E-state index contributed by atoms with van der Waals surface area (Å²) in [7, 11) is 0. The molecule has 0 saturated heterocycles. The van der Waals surface area contributed by atoms with Gasteiger partial charge in [-0.1, -0.05) is 24.3 Å². The molecule has 7 rings (SSSR count). The number of allylic oxidation sites excluding steroid dienone is 3. The molecule has 0 atom stereocenters. The lowest BCUT2D eigenvalue weighted by molar-refractivity contribution is -0.254. The Hall–Kier alpha value is -2.09. The third kappa shape index (κ3) is 4.20. The normalized spacial score (nSPS) is 19.3. The highest BCUT2D eigenvalue weighted by Crippen LogP contribution is 2.67. The van der Waals surface area contributed by atoms with Crippen molar-refractivity contribution in [3.8, 4) is 29.3 Å². The molecule has 0 nitrogen and oxygen atoms in total. The third-order valence-corrected chi connectivity index (χ3v) is 13.6. The van der Waals surface area contributed by atoms with Crippen molar-refractivity contribution in [3.05, 3.63) is 86.8 Å². The van der Waals surface area contributed by atoms with Crippen LogP contribution in [0.15, 0.2) is 70.7 Å². The molecular formula is C29H16F6S6. The number of hydrogen-bond acceptors (Lipinski definition) is 6. The first-order valence-corrected chi connectivity index (χ1v) is 17.5. The van der Waals surface area contributed by atoms with Crippen molar-refractivity contribution in [2.45, 2.75) is 24.2 Å². The fourth-order valence-electron chi connectivity index (χ4n) is 5.02. The summed E-state index contributed by atoms with van der Waals surface area (Å²) in [6.07, 6.45) is 2.54. The van der Waals surface area contributed by atoms with E-state index < -0.39 is 28.9 Å². The molecule has 0 radical (unpaired) electrons. The van der Waals surface area contributed by atoms with Crippen LogP contribution < -0.4 is 0 Å². The Morgan fingerprint density at radius 3 is 1.54 bits per heavy atom. The van der Waals surface area contributed by atoms with Gasteiger partial charge in [-0.05, 0) is 52.9 Å². The maximum Gasteiger partial charge on any atom is 0.380 e. The molecule has 2 aliphatic rings. The highest BCUT2D eigenvalue weighted by Gasteiger charge is 2.80. The van der Waals surface area contributed by atoms with Gasteiger partial charge in [-0.25, -0.2) is 0 Å². The molecule has 0 bridgehead atoms. The zero-order chi connectivity index (χ0) is 28.6. The summed E-state index contributed by atoms with van der Waals surface area (Å²) in [6, 6.07) is 13.3. The first kappa shape index (κ1) is 27.7. The molecule has 6 heterocycles. The Balaban J connectivity index is 1.57. The van der Waals surface area contributed by atoms with E-state index in [0.717, 1.165) is 21.1 Å².